The summed E-state index contributed by atoms with van der Waals surface area (Å²) in [5, 5.41) is 17.2. The van der Waals surface area contributed by atoms with Gasteiger partial charge in [0, 0.05) is 0 Å². The molecule has 0 amide bonds. The summed E-state index contributed by atoms with van der Waals surface area (Å²) in [4.78, 5) is 10.5. The summed E-state index contributed by atoms with van der Waals surface area (Å²) in [5.74, 6) is 0.415. The summed E-state index contributed by atoms with van der Waals surface area (Å²) in [6.45, 7) is 2.22. The Bertz CT molecular complexity index is 344. The first-order valence-corrected chi connectivity index (χ1v) is 4.75. The molecule has 0 aromatic carbocycles. The van der Waals surface area contributed by atoms with Crippen LogP contribution in [0.4, 0.5) is 0 Å². The third-order valence-electron chi connectivity index (χ3n) is 2.66. The van der Waals surface area contributed by atoms with Crippen LogP contribution in [0.3, 0.4) is 0 Å². The van der Waals surface area contributed by atoms with Crippen molar-refractivity contribution in [3.8, 4) is 0 Å². The Kier molecular flexibility index (Phi) is 2.33. The fraction of sp³-hybridized carbons (Fsp3) is 0.667. The molecular formula is C9H13N3O2. The van der Waals surface area contributed by atoms with E-state index in [1.165, 1.54) is 0 Å². The highest BCUT2D eigenvalue weighted by Crippen LogP contribution is 2.33. The number of aliphatic hydroxyl groups excluding tert-OH is 1. The molecule has 1 heterocycles. The number of aldehydes is 1. The second-order valence-electron chi connectivity index (χ2n) is 3.76. The number of aromatic nitrogens is 3. The number of hydrogen-bond donors (Lipinski definition) is 1. The smallest absolute Gasteiger partial charge is 0.172 e. The molecule has 1 fully saturated rings. The van der Waals surface area contributed by atoms with E-state index in [-0.39, 0.29) is 6.10 Å². The Morgan fingerprint density at radius 1 is 1.71 bits per heavy atom. The fourth-order valence-corrected chi connectivity index (χ4v) is 1.46. The first-order chi connectivity index (χ1) is 6.72. The number of hydrogen-bond acceptors (Lipinski definition) is 4. The van der Waals surface area contributed by atoms with E-state index in [1.807, 2.05) is 0 Å². The Labute approximate surface area is 81.7 Å². The first kappa shape index (κ1) is 9.33. The number of carbonyl (C=O) groups is 1. The Morgan fingerprint density at radius 2 is 2.43 bits per heavy atom. The maximum atomic E-state index is 10.5. The van der Waals surface area contributed by atoms with E-state index in [0.29, 0.717) is 24.4 Å². The van der Waals surface area contributed by atoms with Crippen LogP contribution in [0.2, 0.25) is 0 Å². The van der Waals surface area contributed by atoms with Gasteiger partial charge in [-0.2, -0.15) is 0 Å². The lowest BCUT2D eigenvalue weighted by molar-refractivity contribution is 0.111. The molecule has 76 valence electrons. The lowest BCUT2D eigenvalue weighted by Gasteiger charge is -2.09. The predicted molar refractivity (Wildman–Crippen MR) is 48.9 cm³/mol. The van der Waals surface area contributed by atoms with Crippen LogP contribution in [0.1, 0.15) is 29.0 Å². The highest BCUT2D eigenvalue weighted by molar-refractivity contribution is 5.72. The van der Waals surface area contributed by atoms with Crippen molar-refractivity contribution in [3.63, 3.8) is 0 Å². The van der Waals surface area contributed by atoms with E-state index in [2.05, 4.69) is 10.3 Å². The van der Waals surface area contributed by atoms with Gasteiger partial charge < -0.3 is 5.11 Å². The third-order valence-corrected chi connectivity index (χ3v) is 2.66. The molecule has 1 saturated carbocycles. The molecule has 5 nitrogen and oxygen atoms in total. The molecule has 0 bridgehead atoms. The predicted octanol–water partition coefficient (Wildman–Crippen LogP) is 0.170. The van der Waals surface area contributed by atoms with Gasteiger partial charge in [0.2, 0.25) is 0 Å². The molecule has 0 aliphatic heterocycles. The van der Waals surface area contributed by atoms with Crippen molar-refractivity contribution in [3.05, 3.63) is 11.4 Å². The molecule has 1 atom stereocenters. The normalized spacial score (nSPS) is 18.1. The topological polar surface area (TPSA) is 68.0 Å². The Balaban J connectivity index is 2.07. The highest BCUT2D eigenvalue weighted by atomic mass is 16.3. The Morgan fingerprint density at radius 3 is 2.93 bits per heavy atom. The molecule has 1 aliphatic rings. The van der Waals surface area contributed by atoms with Gasteiger partial charge in [0.25, 0.3) is 0 Å². The first-order valence-electron chi connectivity index (χ1n) is 4.75. The lowest BCUT2D eigenvalue weighted by atomic mass is 10.2. The minimum absolute atomic E-state index is 0.352. The average Bonchev–Trinajstić information content (AvgIpc) is 2.95. The molecule has 1 unspecified atom stereocenters. The van der Waals surface area contributed by atoms with Gasteiger partial charge in [0.1, 0.15) is 5.69 Å². The van der Waals surface area contributed by atoms with Crippen LogP contribution >= 0.6 is 0 Å². The molecule has 1 N–H and O–H groups in total. The largest absolute Gasteiger partial charge is 0.391 e. The standard InChI is InChI=1S/C9H13N3O2/c1-6-8(5-13)10-11-12(6)4-9(14)7-2-3-7/h5,7,9,14H,2-4H2,1H3. The molecule has 1 aromatic rings. The molecular weight excluding hydrogens is 182 g/mol. The Hall–Kier alpha value is -1.23. The van der Waals surface area contributed by atoms with E-state index in [1.54, 1.807) is 11.6 Å². The summed E-state index contributed by atoms with van der Waals surface area (Å²) < 4.78 is 1.59. The quantitative estimate of drug-likeness (QED) is 0.695. The third kappa shape index (κ3) is 1.68. The van der Waals surface area contributed by atoms with Crippen LogP contribution in [-0.2, 0) is 6.54 Å². The van der Waals surface area contributed by atoms with Crippen molar-refractivity contribution in [1.82, 2.24) is 15.0 Å². The van der Waals surface area contributed by atoms with Crippen molar-refractivity contribution >= 4 is 6.29 Å². The number of nitrogens with zero attached hydrogens (tertiary/aromatic N) is 3. The maximum absolute atomic E-state index is 10.5. The van der Waals surface area contributed by atoms with Crippen molar-refractivity contribution in [1.29, 1.82) is 0 Å². The van der Waals surface area contributed by atoms with Gasteiger partial charge in [-0.3, -0.25) is 4.79 Å². The minimum Gasteiger partial charge on any atom is -0.391 e. The van der Waals surface area contributed by atoms with Gasteiger partial charge in [0.05, 0.1) is 18.3 Å². The van der Waals surface area contributed by atoms with Gasteiger partial charge in [-0.15, -0.1) is 5.10 Å². The fourth-order valence-electron chi connectivity index (χ4n) is 1.46. The highest BCUT2D eigenvalue weighted by Gasteiger charge is 2.30. The SMILES string of the molecule is Cc1c(C=O)nnn1CC(O)C1CC1. The second kappa shape index (κ2) is 3.49. The maximum Gasteiger partial charge on any atom is 0.172 e. The number of aliphatic hydroxyl groups is 1. The van der Waals surface area contributed by atoms with Crippen molar-refractivity contribution in [2.24, 2.45) is 5.92 Å². The van der Waals surface area contributed by atoms with Crippen LogP contribution < -0.4 is 0 Å². The molecule has 0 spiro atoms. The van der Waals surface area contributed by atoms with Crippen LogP contribution in [0, 0.1) is 12.8 Å². The molecule has 14 heavy (non-hydrogen) atoms. The molecule has 0 radical (unpaired) electrons. The van der Waals surface area contributed by atoms with Crippen molar-refractivity contribution < 1.29 is 9.90 Å². The summed E-state index contributed by atoms with van der Waals surface area (Å²) in [6.07, 6.45) is 2.52. The monoisotopic (exact) mass is 195 g/mol. The zero-order chi connectivity index (χ0) is 10.1. The van der Waals surface area contributed by atoms with Crippen LogP contribution in [0.25, 0.3) is 0 Å². The number of rotatable bonds is 4. The summed E-state index contributed by atoms with van der Waals surface area (Å²) in [7, 11) is 0. The van der Waals surface area contributed by atoms with Crippen molar-refractivity contribution in [2.75, 3.05) is 0 Å². The van der Waals surface area contributed by atoms with Crippen LogP contribution in [0.5, 0.6) is 0 Å². The average molecular weight is 195 g/mol. The van der Waals surface area contributed by atoms with Crippen molar-refractivity contribution in [2.45, 2.75) is 32.4 Å². The van der Waals surface area contributed by atoms with Gasteiger partial charge in [-0.05, 0) is 25.7 Å². The molecule has 2 rings (SSSR count). The van der Waals surface area contributed by atoms with E-state index in [4.69, 9.17) is 0 Å². The molecule has 1 aromatic heterocycles. The summed E-state index contributed by atoms with van der Waals surface area (Å²) in [5.41, 5.74) is 1.08. The second-order valence-corrected chi connectivity index (χ2v) is 3.76. The van der Waals surface area contributed by atoms with Gasteiger partial charge >= 0.3 is 0 Å². The molecule has 0 saturated heterocycles. The minimum atomic E-state index is -0.352. The van der Waals surface area contributed by atoms with E-state index in [0.717, 1.165) is 18.5 Å². The molecule has 1 aliphatic carbocycles. The van der Waals surface area contributed by atoms with Crippen LogP contribution in [0.15, 0.2) is 0 Å². The van der Waals surface area contributed by atoms with E-state index in [9.17, 15) is 9.90 Å². The van der Waals surface area contributed by atoms with Gasteiger partial charge in [-0.25, -0.2) is 4.68 Å². The summed E-state index contributed by atoms with van der Waals surface area (Å²) >= 11 is 0. The molecule has 5 heteroatoms. The number of carbonyl (C=O) groups excluding carboxylic acids is 1. The van der Waals surface area contributed by atoms with E-state index < -0.39 is 0 Å². The zero-order valence-electron chi connectivity index (χ0n) is 8.05. The van der Waals surface area contributed by atoms with Gasteiger partial charge in [-0.1, -0.05) is 5.21 Å². The van der Waals surface area contributed by atoms with E-state index >= 15 is 0 Å². The van der Waals surface area contributed by atoms with Crippen LogP contribution in [-0.4, -0.2) is 32.5 Å². The lowest BCUT2D eigenvalue weighted by Crippen LogP contribution is -2.19. The van der Waals surface area contributed by atoms with Gasteiger partial charge in [0.15, 0.2) is 6.29 Å². The zero-order valence-corrected chi connectivity index (χ0v) is 8.05. The summed E-state index contributed by atoms with van der Waals surface area (Å²) in [6, 6.07) is 0.